The average molecular weight is 255 g/mol. The molecule has 94 valence electrons. The standard InChI is InChI=1S/C12H17NO3S/c1-2-17-7-3-6-16-11-8-9(12(14)15)4-5-10(11)13/h4-5,8H,2-3,6-7,13H2,1H3,(H,14,15). The SMILES string of the molecule is CCSCCCOc1cc(C(=O)O)ccc1N. The molecule has 0 aliphatic carbocycles. The summed E-state index contributed by atoms with van der Waals surface area (Å²) in [4.78, 5) is 10.8. The second-order valence-corrected chi connectivity index (χ2v) is 4.85. The molecule has 1 rings (SSSR count). The van der Waals surface area contributed by atoms with E-state index in [-0.39, 0.29) is 5.56 Å². The second-order valence-electron chi connectivity index (χ2n) is 3.46. The molecule has 0 atom stereocenters. The number of rotatable bonds is 7. The smallest absolute Gasteiger partial charge is 0.335 e. The number of hydrogen-bond donors (Lipinski definition) is 2. The number of nitrogen functional groups attached to an aromatic ring is 1. The van der Waals surface area contributed by atoms with Crippen molar-refractivity contribution in [3.05, 3.63) is 23.8 Å². The van der Waals surface area contributed by atoms with E-state index in [2.05, 4.69) is 6.92 Å². The molecule has 3 N–H and O–H groups in total. The van der Waals surface area contributed by atoms with Gasteiger partial charge in [-0.3, -0.25) is 0 Å². The fourth-order valence-electron chi connectivity index (χ4n) is 1.28. The Labute approximate surface area is 105 Å². The van der Waals surface area contributed by atoms with E-state index in [1.54, 1.807) is 6.07 Å². The summed E-state index contributed by atoms with van der Waals surface area (Å²) in [5, 5.41) is 8.84. The van der Waals surface area contributed by atoms with Crippen molar-refractivity contribution in [3.63, 3.8) is 0 Å². The molecule has 0 fully saturated rings. The fourth-order valence-corrected chi connectivity index (χ4v) is 1.89. The minimum absolute atomic E-state index is 0.192. The van der Waals surface area contributed by atoms with Crippen molar-refractivity contribution < 1.29 is 14.6 Å². The lowest BCUT2D eigenvalue weighted by Gasteiger charge is -2.09. The van der Waals surface area contributed by atoms with Crippen LogP contribution in [0.3, 0.4) is 0 Å². The predicted molar refractivity (Wildman–Crippen MR) is 70.9 cm³/mol. The average Bonchev–Trinajstić information content (AvgIpc) is 2.30. The van der Waals surface area contributed by atoms with Crippen LogP contribution in [0.2, 0.25) is 0 Å². The summed E-state index contributed by atoms with van der Waals surface area (Å²) >= 11 is 1.85. The van der Waals surface area contributed by atoms with Crippen LogP contribution in [0.4, 0.5) is 5.69 Å². The number of carbonyl (C=O) groups is 1. The number of carboxylic acid groups (broad SMARTS) is 1. The van der Waals surface area contributed by atoms with E-state index in [0.717, 1.165) is 17.9 Å². The van der Waals surface area contributed by atoms with Gasteiger partial charge in [0.05, 0.1) is 17.9 Å². The number of carboxylic acids is 1. The number of ether oxygens (including phenoxy) is 1. The molecular weight excluding hydrogens is 238 g/mol. The van der Waals surface area contributed by atoms with Crippen molar-refractivity contribution in [3.8, 4) is 5.75 Å². The Hall–Kier alpha value is -1.36. The Morgan fingerprint density at radius 3 is 2.94 bits per heavy atom. The number of nitrogens with two attached hydrogens (primary N) is 1. The van der Waals surface area contributed by atoms with Crippen molar-refractivity contribution in [2.75, 3.05) is 23.8 Å². The van der Waals surface area contributed by atoms with Crippen LogP contribution in [0.5, 0.6) is 5.75 Å². The molecule has 0 aromatic heterocycles. The van der Waals surface area contributed by atoms with Crippen LogP contribution in [-0.4, -0.2) is 29.2 Å². The molecule has 0 bridgehead atoms. The fraction of sp³-hybridized carbons (Fsp3) is 0.417. The third kappa shape index (κ3) is 4.56. The molecule has 0 aliphatic rings. The highest BCUT2D eigenvalue weighted by atomic mass is 32.2. The Morgan fingerprint density at radius 2 is 2.29 bits per heavy atom. The lowest BCUT2D eigenvalue weighted by molar-refractivity contribution is 0.0696. The Bertz CT molecular complexity index is 382. The number of aromatic carboxylic acids is 1. The van der Waals surface area contributed by atoms with Crippen LogP contribution < -0.4 is 10.5 Å². The van der Waals surface area contributed by atoms with Crippen LogP contribution in [0, 0.1) is 0 Å². The van der Waals surface area contributed by atoms with Crippen LogP contribution >= 0.6 is 11.8 Å². The van der Waals surface area contributed by atoms with Crippen LogP contribution in [0.15, 0.2) is 18.2 Å². The highest BCUT2D eigenvalue weighted by molar-refractivity contribution is 7.99. The number of hydrogen-bond acceptors (Lipinski definition) is 4. The minimum Gasteiger partial charge on any atom is -0.491 e. The first-order valence-electron chi connectivity index (χ1n) is 5.48. The van der Waals surface area contributed by atoms with E-state index in [4.69, 9.17) is 15.6 Å². The van der Waals surface area contributed by atoms with E-state index in [9.17, 15) is 4.79 Å². The van der Waals surface area contributed by atoms with Gasteiger partial charge in [0.1, 0.15) is 5.75 Å². The molecule has 1 aromatic carbocycles. The van der Waals surface area contributed by atoms with E-state index in [0.29, 0.717) is 18.0 Å². The van der Waals surface area contributed by atoms with Gasteiger partial charge < -0.3 is 15.6 Å². The molecule has 5 heteroatoms. The summed E-state index contributed by atoms with van der Waals surface area (Å²) in [6.45, 7) is 2.67. The van der Waals surface area contributed by atoms with Gasteiger partial charge in [-0.05, 0) is 36.1 Å². The van der Waals surface area contributed by atoms with Gasteiger partial charge >= 0.3 is 5.97 Å². The van der Waals surface area contributed by atoms with Crippen LogP contribution in [-0.2, 0) is 0 Å². The van der Waals surface area contributed by atoms with Crippen LogP contribution in [0.25, 0.3) is 0 Å². The summed E-state index contributed by atoms with van der Waals surface area (Å²) in [5.41, 5.74) is 6.37. The maximum absolute atomic E-state index is 10.8. The zero-order valence-corrected chi connectivity index (χ0v) is 10.6. The largest absolute Gasteiger partial charge is 0.491 e. The van der Waals surface area contributed by atoms with Gasteiger partial charge in [0.25, 0.3) is 0 Å². The van der Waals surface area contributed by atoms with Crippen molar-refractivity contribution in [2.24, 2.45) is 0 Å². The van der Waals surface area contributed by atoms with E-state index < -0.39 is 5.97 Å². The first-order chi connectivity index (χ1) is 8.15. The Morgan fingerprint density at radius 1 is 1.53 bits per heavy atom. The Kier molecular flexibility index (Phi) is 5.69. The van der Waals surface area contributed by atoms with Crippen molar-refractivity contribution in [1.29, 1.82) is 0 Å². The molecule has 0 saturated heterocycles. The summed E-state index contributed by atoms with van der Waals surface area (Å²) < 4.78 is 5.47. The summed E-state index contributed by atoms with van der Waals surface area (Å²) in [6, 6.07) is 4.49. The molecule has 0 aliphatic heterocycles. The zero-order chi connectivity index (χ0) is 12.7. The molecule has 0 heterocycles. The predicted octanol–water partition coefficient (Wildman–Crippen LogP) is 2.49. The molecule has 0 saturated carbocycles. The zero-order valence-electron chi connectivity index (χ0n) is 9.81. The minimum atomic E-state index is -0.976. The summed E-state index contributed by atoms with van der Waals surface area (Å²) in [7, 11) is 0. The van der Waals surface area contributed by atoms with Gasteiger partial charge in [-0.1, -0.05) is 6.92 Å². The topological polar surface area (TPSA) is 72.5 Å². The Balaban J connectivity index is 2.51. The molecule has 0 amide bonds. The van der Waals surface area contributed by atoms with Crippen molar-refractivity contribution in [2.45, 2.75) is 13.3 Å². The van der Waals surface area contributed by atoms with Gasteiger partial charge in [0.15, 0.2) is 0 Å². The second kappa shape index (κ2) is 7.06. The summed E-state index contributed by atoms with van der Waals surface area (Å²) in [6.07, 6.45) is 0.926. The van der Waals surface area contributed by atoms with Gasteiger partial charge in [-0.2, -0.15) is 11.8 Å². The van der Waals surface area contributed by atoms with Gasteiger partial charge in [0.2, 0.25) is 0 Å². The highest BCUT2D eigenvalue weighted by Crippen LogP contribution is 2.23. The van der Waals surface area contributed by atoms with E-state index in [1.807, 2.05) is 11.8 Å². The first-order valence-corrected chi connectivity index (χ1v) is 6.64. The molecule has 0 radical (unpaired) electrons. The number of anilines is 1. The van der Waals surface area contributed by atoms with Crippen molar-refractivity contribution >= 4 is 23.4 Å². The van der Waals surface area contributed by atoms with Gasteiger partial charge in [-0.15, -0.1) is 0 Å². The molecular formula is C12H17NO3S. The quantitative estimate of drug-likeness (QED) is 0.578. The monoisotopic (exact) mass is 255 g/mol. The highest BCUT2D eigenvalue weighted by Gasteiger charge is 2.07. The van der Waals surface area contributed by atoms with Crippen molar-refractivity contribution in [1.82, 2.24) is 0 Å². The van der Waals surface area contributed by atoms with E-state index in [1.165, 1.54) is 12.1 Å². The normalized spacial score (nSPS) is 10.2. The molecule has 0 unspecified atom stereocenters. The molecule has 4 nitrogen and oxygen atoms in total. The molecule has 0 spiro atoms. The number of benzene rings is 1. The van der Waals surface area contributed by atoms with Gasteiger partial charge in [0, 0.05) is 0 Å². The van der Waals surface area contributed by atoms with Crippen LogP contribution in [0.1, 0.15) is 23.7 Å². The van der Waals surface area contributed by atoms with E-state index >= 15 is 0 Å². The third-order valence-electron chi connectivity index (χ3n) is 2.16. The lowest BCUT2D eigenvalue weighted by Crippen LogP contribution is -2.04. The summed E-state index contributed by atoms with van der Waals surface area (Å²) in [5.74, 6) is 1.61. The molecule has 17 heavy (non-hydrogen) atoms. The molecule has 1 aromatic rings. The number of thioether (sulfide) groups is 1. The first kappa shape index (κ1) is 13.7. The maximum atomic E-state index is 10.8. The maximum Gasteiger partial charge on any atom is 0.335 e. The lowest BCUT2D eigenvalue weighted by atomic mass is 10.2. The third-order valence-corrected chi connectivity index (χ3v) is 3.14. The van der Waals surface area contributed by atoms with Gasteiger partial charge in [-0.25, -0.2) is 4.79 Å².